The summed E-state index contributed by atoms with van der Waals surface area (Å²) >= 11 is 0. The Morgan fingerprint density at radius 3 is 2.00 bits per heavy atom. The maximum absolute atomic E-state index is 4.02. The molecule has 1 aromatic rings. The molecule has 0 amide bonds. The van der Waals surface area contributed by atoms with Gasteiger partial charge in [0.2, 0.25) is 0 Å². The summed E-state index contributed by atoms with van der Waals surface area (Å²) in [5.74, 6) is 0. The van der Waals surface area contributed by atoms with Gasteiger partial charge in [-0.05, 0) is 66.1 Å². The van der Waals surface area contributed by atoms with Crippen LogP contribution in [0.4, 0.5) is 0 Å². The van der Waals surface area contributed by atoms with Crippen molar-refractivity contribution in [2.24, 2.45) is 0 Å². The van der Waals surface area contributed by atoms with Gasteiger partial charge >= 0.3 is 0 Å². The number of hydrogen-bond acceptors (Lipinski definition) is 1. The van der Waals surface area contributed by atoms with Crippen molar-refractivity contribution in [1.29, 1.82) is 0 Å². The Balaban J connectivity index is 0.00000163. The third-order valence-electron chi connectivity index (χ3n) is 3.70. The first-order chi connectivity index (χ1) is 11.3. The molecule has 0 saturated carbocycles. The van der Waals surface area contributed by atoms with E-state index in [1.807, 2.05) is 14.0 Å². The van der Waals surface area contributed by atoms with Gasteiger partial charge in [0.1, 0.15) is 0 Å². The molecule has 0 heterocycles. The fourth-order valence-corrected chi connectivity index (χ4v) is 2.66. The summed E-state index contributed by atoms with van der Waals surface area (Å²) in [6.07, 6.45) is 7.20. The number of hydrogen-bond donors (Lipinski definition) is 1. The number of rotatable bonds is 6. The van der Waals surface area contributed by atoms with Crippen LogP contribution in [0.25, 0.3) is 5.57 Å². The van der Waals surface area contributed by atoms with Gasteiger partial charge in [0.05, 0.1) is 0 Å². The maximum atomic E-state index is 4.02. The highest BCUT2D eigenvalue weighted by Gasteiger charge is 2.09. The second-order valence-electron chi connectivity index (χ2n) is 6.42. The molecule has 0 aliphatic rings. The molecular weight excluding hydrogens is 290 g/mol. The highest BCUT2D eigenvalue weighted by Crippen LogP contribution is 2.22. The third kappa shape index (κ3) is 8.12. The normalized spacial score (nSPS) is 13.0. The number of benzene rings is 1. The van der Waals surface area contributed by atoms with Crippen molar-refractivity contribution >= 4 is 5.57 Å². The summed E-state index contributed by atoms with van der Waals surface area (Å²) in [4.78, 5) is 0. The van der Waals surface area contributed by atoms with Crippen molar-refractivity contribution in [3.8, 4) is 0 Å². The van der Waals surface area contributed by atoms with E-state index in [1.54, 1.807) is 6.08 Å². The lowest BCUT2D eigenvalue weighted by Crippen LogP contribution is -2.26. The summed E-state index contributed by atoms with van der Waals surface area (Å²) in [5.41, 5.74) is 7.73. The summed E-state index contributed by atoms with van der Waals surface area (Å²) in [5, 5.41) is 3.38. The lowest BCUT2D eigenvalue weighted by molar-refractivity contribution is 0.630. The Labute approximate surface area is 149 Å². The molecule has 0 radical (unpaired) electrons. The quantitative estimate of drug-likeness (QED) is 0.471. The molecule has 0 spiro atoms. The Morgan fingerprint density at radius 2 is 1.62 bits per heavy atom. The molecule has 0 saturated heterocycles. The Kier molecular flexibility index (Phi) is 10.7. The van der Waals surface area contributed by atoms with E-state index in [0.29, 0.717) is 6.04 Å². The SMILES string of the molecule is C=C(C)CC(NC)/C(C)=C/C(=C\C)c1cc(C)cc(C)c1.C=CC. The van der Waals surface area contributed by atoms with Crippen LogP contribution in [0.2, 0.25) is 0 Å². The monoisotopic (exact) mass is 325 g/mol. The van der Waals surface area contributed by atoms with Gasteiger partial charge in [-0.3, -0.25) is 0 Å². The van der Waals surface area contributed by atoms with E-state index in [2.05, 4.69) is 83.4 Å². The van der Waals surface area contributed by atoms with Gasteiger partial charge in [0.15, 0.2) is 0 Å². The minimum Gasteiger partial charge on any atom is -0.313 e. The molecular formula is C23H35N. The van der Waals surface area contributed by atoms with Crippen LogP contribution in [0.5, 0.6) is 0 Å². The lowest BCUT2D eigenvalue weighted by atomic mass is 9.95. The van der Waals surface area contributed by atoms with Crippen molar-refractivity contribution < 1.29 is 0 Å². The van der Waals surface area contributed by atoms with Crippen LogP contribution in [0, 0.1) is 13.8 Å². The van der Waals surface area contributed by atoms with E-state index in [0.717, 1.165) is 6.42 Å². The molecule has 0 aliphatic carbocycles. The highest BCUT2D eigenvalue weighted by atomic mass is 14.9. The molecule has 0 aliphatic heterocycles. The number of nitrogens with one attached hydrogen (secondary N) is 1. The Bertz CT molecular complexity index is 582. The standard InChI is InChI=1S/C20H29N.C3H6/c1-8-18(19-11-15(4)10-16(5)12-19)13-17(6)20(21-7)9-14(2)3;1-3-2/h8,10-13,20-21H,2,9H2,1,3-7H3;3H,1H2,2H3/b17-13+,18-8+;. The predicted octanol–water partition coefficient (Wildman–Crippen LogP) is 6.40. The van der Waals surface area contributed by atoms with Gasteiger partial charge in [-0.25, -0.2) is 0 Å². The Hall–Kier alpha value is -1.86. The molecule has 0 bridgehead atoms. The van der Waals surface area contributed by atoms with Crippen molar-refractivity contribution in [3.63, 3.8) is 0 Å². The molecule has 1 nitrogen and oxygen atoms in total. The van der Waals surface area contributed by atoms with Crippen LogP contribution < -0.4 is 5.32 Å². The number of likely N-dealkylation sites (N-methyl/N-ethyl adjacent to an activating group) is 1. The van der Waals surface area contributed by atoms with Gasteiger partial charge in [0.25, 0.3) is 0 Å². The van der Waals surface area contributed by atoms with Gasteiger partial charge < -0.3 is 5.32 Å². The van der Waals surface area contributed by atoms with Crippen molar-refractivity contribution in [2.75, 3.05) is 7.05 Å². The van der Waals surface area contributed by atoms with E-state index >= 15 is 0 Å². The summed E-state index contributed by atoms with van der Waals surface area (Å²) in [6.45, 7) is 19.9. The van der Waals surface area contributed by atoms with Crippen molar-refractivity contribution in [1.82, 2.24) is 5.32 Å². The van der Waals surface area contributed by atoms with Crippen LogP contribution in [0.1, 0.15) is 50.8 Å². The molecule has 1 N–H and O–H groups in total. The molecule has 0 aromatic heterocycles. The number of allylic oxidation sites excluding steroid dienone is 4. The number of aryl methyl sites for hydroxylation is 2. The van der Waals surface area contributed by atoms with Crippen molar-refractivity contribution in [3.05, 3.63) is 77.4 Å². The third-order valence-corrected chi connectivity index (χ3v) is 3.70. The molecule has 0 fully saturated rings. The first-order valence-electron chi connectivity index (χ1n) is 8.60. The zero-order valence-electron chi connectivity index (χ0n) is 16.7. The molecule has 1 aromatic carbocycles. The second kappa shape index (κ2) is 11.6. The van der Waals surface area contributed by atoms with Crippen LogP contribution in [-0.4, -0.2) is 13.1 Å². The van der Waals surface area contributed by atoms with Crippen LogP contribution >= 0.6 is 0 Å². The van der Waals surface area contributed by atoms with Gasteiger partial charge in [-0.1, -0.05) is 58.7 Å². The molecule has 1 heteroatoms. The van der Waals surface area contributed by atoms with E-state index < -0.39 is 0 Å². The van der Waals surface area contributed by atoms with Crippen LogP contribution in [0.15, 0.2) is 60.7 Å². The fourth-order valence-electron chi connectivity index (χ4n) is 2.66. The average Bonchev–Trinajstić information content (AvgIpc) is 2.49. The van der Waals surface area contributed by atoms with E-state index in [9.17, 15) is 0 Å². The zero-order chi connectivity index (χ0) is 18.7. The van der Waals surface area contributed by atoms with E-state index in [4.69, 9.17) is 0 Å². The maximum Gasteiger partial charge on any atom is 0.0314 e. The second-order valence-corrected chi connectivity index (χ2v) is 6.42. The first-order valence-corrected chi connectivity index (χ1v) is 8.60. The molecule has 1 unspecified atom stereocenters. The molecule has 1 rings (SSSR count). The minimum absolute atomic E-state index is 0.350. The van der Waals surface area contributed by atoms with E-state index in [1.165, 1.54) is 33.4 Å². The summed E-state index contributed by atoms with van der Waals surface area (Å²) in [7, 11) is 2.01. The van der Waals surface area contributed by atoms with E-state index in [-0.39, 0.29) is 0 Å². The fraction of sp³-hybridized carbons (Fsp3) is 0.391. The van der Waals surface area contributed by atoms with Crippen LogP contribution in [0.3, 0.4) is 0 Å². The van der Waals surface area contributed by atoms with Gasteiger partial charge in [-0.15, -0.1) is 13.2 Å². The Morgan fingerprint density at radius 1 is 1.12 bits per heavy atom. The minimum atomic E-state index is 0.350. The summed E-state index contributed by atoms with van der Waals surface area (Å²) < 4.78 is 0. The van der Waals surface area contributed by atoms with Gasteiger partial charge in [0, 0.05) is 6.04 Å². The first kappa shape index (κ1) is 22.1. The average molecular weight is 326 g/mol. The molecule has 24 heavy (non-hydrogen) atoms. The smallest absolute Gasteiger partial charge is 0.0314 e. The van der Waals surface area contributed by atoms with Gasteiger partial charge in [-0.2, -0.15) is 0 Å². The van der Waals surface area contributed by atoms with Crippen molar-refractivity contribution in [2.45, 2.75) is 54.0 Å². The lowest BCUT2D eigenvalue weighted by Gasteiger charge is -2.18. The summed E-state index contributed by atoms with van der Waals surface area (Å²) in [6, 6.07) is 7.06. The van der Waals surface area contributed by atoms with Crippen LogP contribution in [-0.2, 0) is 0 Å². The largest absolute Gasteiger partial charge is 0.313 e. The molecule has 1 atom stereocenters. The molecule has 132 valence electrons. The predicted molar refractivity (Wildman–Crippen MR) is 111 cm³/mol. The highest BCUT2D eigenvalue weighted by molar-refractivity contribution is 5.75. The zero-order valence-corrected chi connectivity index (χ0v) is 16.7. The topological polar surface area (TPSA) is 12.0 Å².